The number of imide groups is 1. The van der Waals surface area contributed by atoms with E-state index in [4.69, 9.17) is 4.98 Å². The second-order valence-electron chi connectivity index (χ2n) is 7.98. The molecule has 170 valence electrons. The first-order chi connectivity index (χ1) is 16.1. The number of urea groups is 1. The molecule has 0 unspecified atom stereocenters. The molecule has 3 amide bonds. The Labute approximate surface area is 192 Å². The standard InChI is InChI=1S/C23H24N4.C2H4N2O2/c1-25-22-12-5-3-10-19(22)24-23(25)17-27-16-8-13-21(27)18-9-2-4-11-20(18)26-14-6-7-15-26;3-2(6)4-1-5/h2-7,9-12,14-15,21H,8,13,16-17H2,1H3;1H,(H3,3,4,5,6)/t21-;/m0./s1. The lowest BCUT2D eigenvalue weighted by Gasteiger charge is -2.26. The maximum absolute atomic E-state index is 9.48. The zero-order valence-electron chi connectivity index (χ0n) is 18.6. The van der Waals surface area contributed by atoms with Gasteiger partial charge in [0, 0.05) is 31.2 Å². The zero-order valence-corrected chi connectivity index (χ0v) is 18.6. The number of hydrogen-bond acceptors (Lipinski definition) is 4. The van der Waals surface area contributed by atoms with Crippen molar-refractivity contribution >= 4 is 23.5 Å². The number of hydrogen-bond donors (Lipinski definition) is 2. The Hall–Kier alpha value is -3.91. The van der Waals surface area contributed by atoms with Crippen LogP contribution in [0, 0.1) is 0 Å². The Kier molecular flexibility index (Phi) is 6.85. The van der Waals surface area contributed by atoms with Crippen molar-refractivity contribution in [1.29, 1.82) is 0 Å². The van der Waals surface area contributed by atoms with E-state index in [9.17, 15) is 9.59 Å². The fourth-order valence-corrected chi connectivity index (χ4v) is 4.44. The molecular formula is C25H28N6O2. The van der Waals surface area contributed by atoms with Crippen LogP contribution in [-0.4, -0.2) is 38.0 Å². The molecule has 1 aliphatic heterocycles. The van der Waals surface area contributed by atoms with Crippen LogP contribution in [0.25, 0.3) is 16.7 Å². The molecule has 8 nitrogen and oxygen atoms in total. The first kappa shape index (κ1) is 22.3. The molecule has 2 aromatic carbocycles. The van der Waals surface area contributed by atoms with E-state index in [0.29, 0.717) is 6.04 Å². The zero-order chi connectivity index (χ0) is 23.2. The number of benzene rings is 2. The van der Waals surface area contributed by atoms with E-state index < -0.39 is 6.03 Å². The van der Waals surface area contributed by atoms with Crippen LogP contribution in [0.1, 0.15) is 30.3 Å². The quantitative estimate of drug-likeness (QED) is 0.460. The van der Waals surface area contributed by atoms with Crippen LogP contribution in [-0.2, 0) is 18.4 Å². The third-order valence-electron chi connectivity index (χ3n) is 5.97. The topological polar surface area (TPSA) is 98.2 Å². The highest BCUT2D eigenvalue weighted by Crippen LogP contribution is 2.36. The largest absolute Gasteiger partial charge is 0.351 e. The normalized spacial score (nSPS) is 15.7. The number of carbonyl (C=O) groups excluding carboxylic acids is 2. The van der Waals surface area contributed by atoms with Gasteiger partial charge in [0.25, 0.3) is 0 Å². The predicted octanol–water partition coefficient (Wildman–Crippen LogP) is 3.51. The lowest BCUT2D eigenvalue weighted by Crippen LogP contribution is -2.27. The molecule has 0 saturated carbocycles. The summed E-state index contributed by atoms with van der Waals surface area (Å²) in [5, 5.41) is 1.67. The maximum atomic E-state index is 9.48. The van der Waals surface area contributed by atoms with E-state index in [2.05, 4.69) is 99.9 Å². The minimum Gasteiger partial charge on any atom is -0.351 e. The molecule has 0 aliphatic carbocycles. The van der Waals surface area contributed by atoms with Gasteiger partial charge in [-0.15, -0.1) is 0 Å². The van der Waals surface area contributed by atoms with Crippen molar-refractivity contribution in [2.45, 2.75) is 25.4 Å². The van der Waals surface area contributed by atoms with Crippen LogP contribution in [0.5, 0.6) is 0 Å². The molecule has 4 aromatic rings. The van der Waals surface area contributed by atoms with E-state index in [-0.39, 0.29) is 6.41 Å². The smallest absolute Gasteiger partial charge is 0.318 e. The summed E-state index contributed by atoms with van der Waals surface area (Å²) < 4.78 is 4.46. The van der Waals surface area contributed by atoms with Gasteiger partial charge in [-0.1, -0.05) is 30.3 Å². The third-order valence-corrected chi connectivity index (χ3v) is 5.97. The summed E-state index contributed by atoms with van der Waals surface area (Å²) in [7, 11) is 2.13. The van der Waals surface area contributed by atoms with Crippen LogP contribution in [0.2, 0.25) is 0 Å². The lowest BCUT2D eigenvalue weighted by molar-refractivity contribution is -0.108. The van der Waals surface area contributed by atoms with Crippen LogP contribution in [0.15, 0.2) is 73.1 Å². The first-order valence-corrected chi connectivity index (χ1v) is 10.9. The Balaban J connectivity index is 0.000000385. The van der Waals surface area contributed by atoms with Gasteiger partial charge < -0.3 is 14.9 Å². The van der Waals surface area contributed by atoms with E-state index in [1.165, 1.54) is 29.6 Å². The van der Waals surface area contributed by atoms with Crippen LogP contribution < -0.4 is 11.1 Å². The van der Waals surface area contributed by atoms with Gasteiger partial charge in [0.2, 0.25) is 6.41 Å². The monoisotopic (exact) mass is 444 g/mol. The lowest BCUT2D eigenvalue weighted by atomic mass is 10.0. The van der Waals surface area contributed by atoms with Gasteiger partial charge in [-0.2, -0.15) is 0 Å². The number of aryl methyl sites for hydroxylation is 1. The number of nitrogens with zero attached hydrogens (tertiary/aromatic N) is 4. The van der Waals surface area contributed by atoms with Crippen LogP contribution in [0.4, 0.5) is 4.79 Å². The molecule has 0 spiro atoms. The number of para-hydroxylation sites is 3. The number of fused-ring (bicyclic) bond motifs is 1. The minimum atomic E-state index is -0.829. The molecule has 5 rings (SSSR count). The molecule has 33 heavy (non-hydrogen) atoms. The molecule has 0 radical (unpaired) electrons. The molecule has 3 N–H and O–H groups in total. The van der Waals surface area contributed by atoms with E-state index in [1.807, 2.05) is 0 Å². The van der Waals surface area contributed by atoms with E-state index >= 15 is 0 Å². The summed E-state index contributed by atoms with van der Waals surface area (Å²) in [5.74, 6) is 1.14. The van der Waals surface area contributed by atoms with Gasteiger partial charge in [-0.25, -0.2) is 9.78 Å². The Morgan fingerprint density at radius 3 is 2.55 bits per heavy atom. The number of primary amides is 1. The summed E-state index contributed by atoms with van der Waals surface area (Å²) in [4.78, 5) is 26.2. The highest BCUT2D eigenvalue weighted by Gasteiger charge is 2.29. The molecule has 3 heterocycles. The van der Waals surface area contributed by atoms with Crippen molar-refractivity contribution in [3.8, 4) is 5.69 Å². The minimum absolute atomic E-state index is 0.225. The molecular weight excluding hydrogens is 416 g/mol. The van der Waals surface area contributed by atoms with Gasteiger partial charge >= 0.3 is 6.03 Å². The van der Waals surface area contributed by atoms with Gasteiger partial charge in [-0.05, 0) is 55.3 Å². The van der Waals surface area contributed by atoms with Crippen molar-refractivity contribution in [1.82, 2.24) is 24.3 Å². The number of nitrogens with one attached hydrogen (secondary N) is 1. The SMILES string of the molecule is Cn1c(CN2CCC[C@H]2c2ccccc2-n2cccc2)nc2ccccc21.NC(=O)NC=O. The summed E-state index contributed by atoms with van der Waals surface area (Å²) in [6.45, 7) is 2.00. The highest BCUT2D eigenvalue weighted by atomic mass is 16.2. The number of carbonyl (C=O) groups is 2. The fraction of sp³-hybridized carbons (Fsp3) is 0.240. The van der Waals surface area contributed by atoms with Crippen LogP contribution >= 0.6 is 0 Å². The summed E-state index contributed by atoms with van der Waals surface area (Å²) in [5.41, 5.74) is 9.40. The number of amides is 3. The fourth-order valence-electron chi connectivity index (χ4n) is 4.44. The second-order valence-corrected chi connectivity index (χ2v) is 7.98. The van der Waals surface area contributed by atoms with Crippen molar-refractivity contribution in [2.24, 2.45) is 12.8 Å². The number of likely N-dealkylation sites (tertiary alicyclic amines) is 1. The van der Waals surface area contributed by atoms with E-state index in [0.717, 1.165) is 24.4 Å². The predicted molar refractivity (Wildman–Crippen MR) is 128 cm³/mol. The average molecular weight is 445 g/mol. The Morgan fingerprint density at radius 1 is 1.12 bits per heavy atom. The maximum Gasteiger partial charge on any atom is 0.318 e. The van der Waals surface area contributed by atoms with Crippen molar-refractivity contribution < 1.29 is 9.59 Å². The van der Waals surface area contributed by atoms with Crippen molar-refractivity contribution in [3.63, 3.8) is 0 Å². The number of nitrogens with two attached hydrogens (primary N) is 1. The Bertz CT molecular complexity index is 1230. The van der Waals surface area contributed by atoms with Crippen LogP contribution in [0.3, 0.4) is 0 Å². The third kappa shape index (κ3) is 4.96. The molecule has 1 fully saturated rings. The van der Waals surface area contributed by atoms with Crippen molar-refractivity contribution in [3.05, 3.63) is 84.4 Å². The molecule has 0 bridgehead atoms. The van der Waals surface area contributed by atoms with Gasteiger partial charge in [0.15, 0.2) is 0 Å². The highest BCUT2D eigenvalue weighted by molar-refractivity contribution is 5.82. The number of rotatable bonds is 5. The van der Waals surface area contributed by atoms with Gasteiger partial charge in [0.05, 0.1) is 17.6 Å². The van der Waals surface area contributed by atoms with Gasteiger partial charge in [-0.3, -0.25) is 15.0 Å². The van der Waals surface area contributed by atoms with E-state index in [1.54, 1.807) is 5.32 Å². The molecule has 8 heteroatoms. The Morgan fingerprint density at radius 2 is 1.85 bits per heavy atom. The number of imidazole rings is 1. The summed E-state index contributed by atoms with van der Waals surface area (Å²) in [6, 6.07) is 21.0. The summed E-state index contributed by atoms with van der Waals surface area (Å²) >= 11 is 0. The molecule has 2 aromatic heterocycles. The van der Waals surface area contributed by atoms with Gasteiger partial charge in [0.1, 0.15) is 5.82 Å². The molecule has 1 saturated heterocycles. The molecule has 1 atom stereocenters. The second kappa shape index (κ2) is 10.1. The summed E-state index contributed by atoms with van der Waals surface area (Å²) in [6.07, 6.45) is 6.91. The first-order valence-electron chi connectivity index (χ1n) is 10.9. The number of aromatic nitrogens is 3. The molecule has 1 aliphatic rings. The van der Waals surface area contributed by atoms with Crippen molar-refractivity contribution in [2.75, 3.05) is 6.54 Å². The average Bonchev–Trinajstić information content (AvgIpc) is 3.56.